The average molecular weight is 835 g/mol. The van der Waals surface area contributed by atoms with Crippen molar-refractivity contribution in [2.75, 3.05) is 27.3 Å². The molecule has 18 nitrogen and oxygen atoms in total. The Morgan fingerprint density at radius 2 is 1.17 bits per heavy atom. The van der Waals surface area contributed by atoms with Crippen LogP contribution in [0.2, 0.25) is 0 Å². The zero-order valence-corrected chi connectivity index (χ0v) is 34.6. The highest BCUT2D eigenvalue weighted by Crippen LogP contribution is 2.35. The van der Waals surface area contributed by atoms with Gasteiger partial charge in [-0.25, -0.2) is 19.6 Å². The molecule has 2 aliphatic heterocycles. The van der Waals surface area contributed by atoms with Gasteiger partial charge >= 0.3 is 22.6 Å². The third kappa shape index (κ3) is 9.96. The molecule has 0 spiro atoms. The number of nitrogens with zero attached hydrogens (tertiary/aromatic N) is 4. The number of rotatable bonds is 14. The second-order valence-electron chi connectivity index (χ2n) is 15.1. The van der Waals surface area contributed by atoms with Crippen molar-refractivity contribution in [3.8, 4) is 34.0 Å². The molecule has 4 heterocycles. The second-order valence-corrected chi connectivity index (χ2v) is 16.2. The van der Waals surface area contributed by atoms with Crippen molar-refractivity contribution in [3.63, 3.8) is 0 Å². The molecular formula is C40H50N8O10S. The lowest BCUT2D eigenvalue weighted by atomic mass is 10.0. The number of H-pyrrole nitrogens is 2. The molecule has 19 heteroatoms. The number of nitrogens with one attached hydrogen (secondary N) is 4. The molecule has 2 saturated heterocycles. The van der Waals surface area contributed by atoms with Gasteiger partial charge in [0.2, 0.25) is 11.8 Å². The maximum absolute atomic E-state index is 13.5. The first-order valence-electron chi connectivity index (χ1n) is 19.4. The van der Waals surface area contributed by atoms with E-state index in [4.69, 9.17) is 17.8 Å². The normalized spacial score (nSPS) is 17.8. The third-order valence-corrected chi connectivity index (χ3v) is 11.2. The molecule has 6 rings (SSSR count). The standard InChI is InChI=1S/C40H50N8O10S/c1-23(2)33(45-39(51)55-5)37(49)47-18-8-12-31(47)35-41-21-29(43-35)25-14-16-27(17-15-25)57-59(53,54)58-28-11-7-10-26(20-28)30-22-42-36(44-30)32-13-9-19-48(32)38(50)34(24(3)4)46-40(52)56-6/h7,10-11,14-17,20-24,31-34H,8-9,12-13,18-19H2,1-6H3,(H,41,43)(H,42,44)(H,45,51)(H,46,52)/t31-,32-,33-,34-/m0/s1. The van der Waals surface area contributed by atoms with Gasteiger partial charge in [-0.1, -0.05) is 39.8 Å². The molecule has 4 amide bonds. The molecule has 4 atom stereocenters. The van der Waals surface area contributed by atoms with Crippen LogP contribution in [-0.4, -0.2) is 102 Å². The zero-order valence-electron chi connectivity index (χ0n) is 33.8. The number of carbonyl (C=O) groups excluding carboxylic acids is 4. The van der Waals surface area contributed by atoms with Gasteiger partial charge in [-0.3, -0.25) is 9.59 Å². The van der Waals surface area contributed by atoms with E-state index < -0.39 is 34.7 Å². The van der Waals surface area contributed by atoms with Gasteiger partial charge in [0.1, 0.15) is 35.2 Å². The maximum atomic E-state index is 13.5. The number of methoxy groups -OCH3 is 2. The van der Waals surface area contributed by atoms with E-state index in [2.05, 4.69) is 30.6 Å². The van der Waals surface area contributed by atoms with E-state index in [9.17, 15) is 27.6 Å². The Balaban J connectivity index is 1.08. The lowest BCUT2D eigenvalue weighted by molar-refractivity contribution is -0.136. The molecule has 2 aromatic heterocycles. The lowest BCUT2D eigenvalue weighted by Gasteiger charge is -2.30. The number of hydrogen-bond acceptors (Lipinski definition) is 12. The smallest absolute Gasteiger partial charge is 0.453 e. The van der Waals surface area contributed by atoms with Crippen molar-refractivity contribution >= 4 is 34.4 Å². The first-order valence-corrected chi connectivity index (χ1v) is 20.8. The molecule has 2 fully saturated rings. The minimum absolute atomic E-state index is 0.00632. The van der Waals surface area contributed by atoms with Gasteiger partial charge in [0.15, 0.2) is 0 Å². The maximum Gasteiger partial charge on any atom is 0.500 e. The van der Waals surface area contributed by atoms with Gasteiger partial charge < -0.3 is 48.2 Å². The van der Waals surface area contributed by atoms with Gasteiger partial charge in [-0.05, 0) is 79.5 Å². The van der Waals surface area contributed by atoms with E-state index in [0.717, 1.165) is 12.8 Å². The fraction of sp³-hybridized carbons (Fsp3) is 0.450. The van der Waals surface area contributed by atoms with Crippen LogP contribution in [0.15, 0.2) is 60.9 Å². The Hall–Kier alpha value is -6.11. The molecule has 2 aromatic carbocycles. The van der Waals surface area contributed by atoms with Crippen molar-refractivity contribution in [3.05, 3.63) is 72.6 Å². The second kappa shape index (κ2) is 18.2. The van der Waals surface area contributed by atoms with E-state index in [1.165, 1.54) is 38.5 Å². The molecule has 0 saturated carbocycles. The minimum atomic E-state index is -4.56. The first kappa shape index (κ1) is 42.5. The topological polar surface area (TPSA) is 227 Å². The van der Waals surface area contributed by atoms with E-state index in [1.54, 1.807) is 46.5 Å². The van der Waals surface area contributed by atoms with Crippen LogP contribution in [0.3, 0.4) is 0 Å². The number of hydrogen-bond donors (Lipinski definition) is 4. The summed E-state index contributed by atoms with van der Waals surface area (Å²) in [6.45, 7) is 8.42. The van der Waals surface area contributed by atoms with Crippen molar-refractivity contribution in [2.24, 2.45) is 11.8 Å². The summed E-state index contributed by atoms with van der Waals surface area (Å²) < 4.78 is 46.1. The highest BCUT2D eigenvalue weighted by Gasteiger charge is 2.39. The van der Waals surface area contributed by atoms with Crippen molar-refractivity contribution in [1.29, 1.82) is 0 Å². The van der Waals surface area contributed by atoms with Crippen LogP contribution < -0.4 is 19.0 Å². The first-order chi connectivity index (χ1) is 28.2. The Labute approximate surface area is 342 Å². The Morgan fingerprint density at radius 3 is 1.64 bits per heavy atom. The summed E-state index contributed by atoms with van der Waals surface area (Å²) in [6.07, 6.45) is 4.78. The van der Waals surface area contributed by atoms with Gasteiger partial charge in [-0.2, -0.15) is 0 Å². The number of aromatic nitrogens is 4. The molecule has 4 aromatic rings. The number of amides is 4. The van der Waals surface area contributed by atoms with Crippen LogP contribution in [0.25, 0.3) is 22.5 Å². The summed E-state index contributed by atoms with van der Waals surface area (Å²) >= 11 is 0. The van der Waals surface area contributed by atoms with Crippen molar-refractivity contribution < 1.29 is 45.4 Å². The molecular weight excluding hydrogens is 785 g/mol. The fourth-order valence-electron chi connectivity index (χ4n) is 7.35. The SMILES string of the molecule is COC(=O)N[C@H](C(=O)N1CCC[C@H]1c1ncc(-c2ccc(OS(=O)(=O)Oc3cccc(-c4cnc([C@@H]5CCCN5C(=O)[C@@H](NC(=O)OC)C(C)C)[nH]4)c3)cc2)[nH]1)C(C)C. The highest BCUT2D eigenvalue weighted by atomic mass is 32.3. The van der Waals surface area contributed by atoms with Crippen LogP contribution in [0.1, 0.15) is 77.1 Å². The number of carbonyl (C=O) groups is 4. The largest absolute Gasteiger partial charge is 0.500 e. The number of likely N-dealkylation sites (tertiary alicyclic amines) is 2. The lowest BCUT2D eigenvalue weighted by Crippen LogP contribution is -2.51. The predicted molar refractivity (Wildman–Crippen MR) is 214 cm³/mol. The van der Waals surface area contributed by atoms with Crippen LogP contribution in [0.5, 0.6) is 11.5 Å². The third-order valence-electron chi connectivity index (χ3n) is 10.4. The van der Waals surface area contributed by atoms with Crippen LogP contribution >= 0.6 is 0 Å². The van der Waals surface area contributed by atoms with Gasteiger partial charge in [0.05, 0.1) is 50.1 Å². The monoisotopic (exact) mass is 834 g/mol. The van der Waals surface area contributed by atoms with Gasteiger partial charge in [-0.15, -0.1) is 8.42 Å². The number of ether oxygens (including phenoxy) is 2. The van der Waals surface area contributed by atoms with Crippen molar-refractivity contribution in [2.45, 2.75) is 77.5 Å². The molecule has 0 aliphatic carbocycles. The van der Waals surface area contributed by atoms with E-state index in [-0.39, 0.29) is 47.2 Å². The van der Waals surface area contributed by atoms with Crippen molar-refractivity contribution in [1.82, 2.24) is 40.4 Å². The Kier molecular flexibility index (Phi) is 13.1. The molecule has 0 radical (unpaired) electrons. The summed E-state index contributed by atoms with van der Waals surface area (Å²) in [6, 6.07) is 10.5. The summed E-state index contributed by atoms with van der Waals surface area (Å²) in [5.74, 6) is 0.394. The molecule has 59 heavy (non-hydrogen) atoms. The molecule has 316 valence electrons. The number of imidazole rings is 2. The van der Waals surface area contributed by atoms with Gasteiger partial charge in [0, 0.05) is 18.7 Å². The Bertz CT molecular complexity index is 2240. The minimum Gasteiger partial charge on any atom is -0.453 e. The van der Waals surface area contributed by atoms with Crippen LogP contribution in [0, 0.1) is 11.8 Å². The number of alkyl carbamates (subject to hydrolysis) is 2. The van der Waals surface area contributed by atoms with Crippen LogP contribution in [-0.2, 0) is 29.5 Å². The quantitative estimate of drug-likeness (QED) is 0.128. The van der Waals surface area contributed by atoms with Gasteiger partial charge in [0.25, 0.3) is 0 Å². The average Bonchev–Trinajstić information content (AvgIpc) is 4.05. The van der Waals surface area contributed by atoms with E-state index in [1.807, 2.05) is 27.7 Å². The van der Waals surface area contributed by atoms with E-state index in [0.29, 0.717) is 60.1 Å². The Morgan fingerprint density at radius 1 is 0.695 bits per heavy atom. The summed E-state index contributed by atoms with van der Waals surface area (Å²) in [4.78, 5) is 70.0. The van der Waals surface area contributed by atoms with Crippen LogP contribution in [0.4, 0.5) is 9.59 Å². The molecule has 0 unspecified atom stereocenters. The van der Waals surface area contributed by atoms with E-state index >= 15 is 0 Å². The fourth-order valence-corrected chi connectivity index (χ4v) is 8.07. The molecule has 2 aliphatic rings. The highest BCUT2D eigenvalue weighted by molar-refractivity contribution is 7.82. The summed E-state index contributed by atoms with van der Waals surface area (Å²) in [5, 5.41) is 5.28. The number of benzene rings is 2. The molecule has 0 bridgehead atoms. The molecule has 4 N–H and O–H groups in total. The summed E-state index contributed by atoms with van der Waals surface area (Å²) in [7, 11) is -2.06. The number of aromatic amines is 2. The zero-order chi connectivity index (χ0) is 42.4. The summed E-state index contributed by atoms with van der Waals surface area (Å²) in [5.41, 5.74) is 2.52. The predicted octanol–water partition coefficient (Wildman–Crippen LogP) is 5.26.